The Morgan fingerprint density at radius 1 is 1.53 bits per heavy atom. The second-order valence-electron chi connectivity index (χ2n) is 4.06. The first-order chi connectivity index (χ1) is 8.79. The molecular weight excluding hydrogens is 290 g/mol. The number of nitrogens with one attached hydrogen (secondary N) is 1. The summed E-state index contributed by atoms with van der Waals surface area (Å²) in [5.74, 6) is -1.19. The summed E-state index contributed by atoms with van der Waals surface area (Å²) < 4.78 is 31.3. The standard InChI is InChI=1S/C10H17N3O4S2/c1-4-5-6-13(3)19(16,17)12-9-8(10(14)15)7(2)11-18-9/h12H,4-6H2,1-3H3,(H,14,15). The summed E-state index contributed by atoms with van der Waals surface area (Å²) in [7, 11) is -2.29. The molecule has 1 aromatic heterocycles. The van der Waals surface area contributed by atoms with Crippen molar-refractivity contribution in [1.29, 1.82) is 0 Å². The van der Waals surface area contributed by atoms with Gasteiger partial charge in [0, 0.05) is 13.6 Å². The largest absolute Gasteiger partial charge is 0.478 e. The van der Waals surface area contributed by atoms with Crippen molar-refractivity contribution in [1.82, 2.24) is 8.68 Å². The fourth-order valence-electron chi connectivity index (χ4n) is 1.39. The quantitative estimate of drug-likeness (QED) is 0.796. The molecule has 0 bridgehead atoms. The number of rotatable bonds is 7. The first kappa shape index (κ1) is 15.9. The van der Waals surface area contributed by atoms with Gasteiger partial charge < -0.3 is 5.11 Å². The van der Waals surface area contributed by atoms with Crippen molar-refractivity contribution < 1.29 is 18.3 Å². The van der Waals surface area contributed by atoms with Crippen LogP contribution in [0.25, 0.3) is 0 Å². The highest BCUT2D eigenvalue weighted by atomic mass is 32.2. The van der Waals surface area contributed by atoms with Gasteiger partial charge in [-0.25, -0.2) is 4.79 Å². The number of nitrogens with zero attached hydrogens (tertiary/aromatic N) is 2. The lowest BCUT2D eigenvalue weighted by Gasteiger charge is -2.17. The molecule has 0 saturated carbocycles. The number of hydrogen-bond donors (Lipinski definition) is 2. The van der Waals surface area contributed by atoms with E-state index in [-0.39, 0.29) is 10.6 Å². The minimum atomic E-state index is -3.74. The third-order valence-corrected chi connectivity index (χ3v) is 4.98. The first-order valence-electron chi connectivity index (χ1n) is 5.73. The van der Waals surface area contributed by atoms with Crippen molar-refractivity contribution in [3.05, 3.63) is 11.3 Å². The molecule has 2 N–H and O–H groups in total. The third-order valence-electron chi connectivity index (χ3n) is 2.54. The van der Waals surface area contributed by atoms with E-state index >= 15 is 0 Å². The van der Waals surface area contributed by atoms with Crippen LogP contribution in [0.4, 0.5) is 5.00 Å². The van der Waals surface area contributed by atoms with E-state index in [9.17, 15) is 13.2 Å². The summed E-state index contributed by atoms with van der Waals surface area (Å²) in [5, 5.41) is 9.07. The van der Waals surface area contributed by atoms with E-state index in [1.165, 1.54) is 14.0 Å². The maximum Gasteiger partial charge on any atom is 0.340 e. The fourth-order valence-corrected chi connectivity index (χ4v) is 3.36. The lowest BCUT2D eigenvalue weighted by Crippen LogP contribution is -2.33. The highest BCUT2D eigenvalue weighted by Crippen LogP contribution is 2.25. The van der Waals surface area contributed by atoms with Crippen LogP contribution >= 0.6 is 11.5 Å². The molecule has 1 rings (SSSR count). The third kappa shape index (κ3) is 3.88. The zero-order valence-corrected chi connectivity index (χ0v) is 12.6. The second kappa shape index (κ2) is 6.31. The Morgan fingerprint density at radius 3 is 2.68 bits per heavy atom. The van der Waals surface area contributed by atoms with E-state index in [4.69, 9.17) is 5.11 Å². The monoisotopic (exact) mass is 307 g/mol. The van der Waals surface area contributed by atoms with Crippen LogP contribution in [0.5, 0.6) is 0 Å². The Hall–Kier alpha value is -1.19. The minimum Gasteiger partial charge on any atom is -0.478 e. The molecule has 0 fully saturated rings. The molecule has 1 heterocycles. The average molecular weight is 307 g/mol. The molecule has 1 aromatic rings. The Bertz CT molecular complexity index is 553. The fraction of sp³-hybridized carbons (Fsp3) is 0.600. The van der Waals surface area contributed by atoms with Gasteiger partial charge in [-0.2, -0.15) is 17.1 Å². The number of carboxylic acids is 1. The summed E-state index contributed by atoms with van der Waals surface area (Å²) >= 11 is 0.825. The summed E-state index contributed by atoms with van der Waals surface area (Å²) in [6.45, 7) is 3.87. The van der Waals surface area contributed by atoms with Gasteiger partial charge >= 0.3 is 16.2 Å². The van der Waals surface area contributed by atoms with Gasteiger partial charge in [0.2, 0.25) is 0 Å². The van der Waals surface area contributed by atoms with Crippen LogP contribution in [0.3, 0.4) is 0 Å². The van der Waals surface area contributed by atoms with Crippen molar-refractivity contribution in [3.8, 4) is 0 Å². The molecule has 108 valence electrons. The second-order valence-corrected chi connectivity index (χ2v) is 6.61. The molecule has 0 atom stereocenters. The van der Waals surface area contributed by atoms with E-state index in [2.05, 4.69) is 9.10 Å². The van der Waals surface area contributed by atoms with Gasteiger partial charge in [0.05, 0.1) is 5.69 Å². The lowest BCUT2D eigenvalue weighted by atomic mass is 10.2. The van der Waals surface area contributed by atoms with Crippen LogP contribution in [0, 0.1) is 6.92 Å². The molecule has 0 aromatic carbocycles. The molecule has 0 radical (unpaired) electrons. The van der Waals surface area contributed by atoms with Crippen LogP contribution < -0.4 is 4.72 Å². The molecule has 0 spiro atoms. The van der Waals surface area contributed by atoms with Crippen molar-refractivity contribution in [2.75, 3.05) is 18.3 Å². The Balaban J connectivity index is 2.93. The number of anilines is 1. The lowest BCUT2D eigenvalue weighted by molar-refractivity contribution is 0.0697. The van der Waals surface area contributed by atoms with Crippen LogP contribution in [-0.4, -0.2) is 41.8 Å². The number of aryl methyl sites for hydroxylation is 1. The van der Waals surface area contributed by atoms with Crippen molar-refractivity contribution in [2.45, 2.75) is 26.7 Å². The van der Waals surface area contributed by atoms with Crippen molar-refractivity contribution in [2.24, 2.45) is 0 Å². The maximum atomic E-state index is 12.0. The Labute approximate surface area is 116 Å². The topological polar surface area (TPSA) is 99.6 Å². The van der Waals surface area contributed by atoms with Gasteiger partial charge in [0.25, 0.3) is 0 Å². The van der Waals surface area contributed by atoms with E-state index in [1.807, 2.05) is 6.92 Å². The highest BCUT2D eigenvalue weighted by molar-refractivity contribution is 7.90. The molecule has 7 nitrogen and oxygen atoms in total. The van der Waals surface area contributed by atoms with Gasteiger partial charge in [0.1, 0.15) is 10.6 Å². The van der Waals surface area contributed by atoms with E-state index in [1.54, 1.807) is 0 Å². The van der Waals surface area contributed by atoms with Crippen molar-refractivity contribution >= 4 is 32.7 Å². The molecule has 19 heavy (non-hydrogen) atoms. The summed E-state index contributed by atoms with van der Waals surface area (Å²) in [6, 6.07) is 0. The Kier molecular flexibility index (Phi) is 5.27. The number of hydrogen-bond acceptors (Lipinski definition) is 5. The number of carbonyl (C=O) groups is 1. The smallest absolute Gasteiger partial charge is 0.340 e. The zero-order valence-electron chi connectivity index (χ0n) is 11.0. The van der Waals surface area contributed by atoms with Gasteiger partial charge in [0.15, 0.2) is 0 Å². The average Bonchev–Trinajstić information content (AvgIpc) is 2.66. The summed E-state index contributed by atoms with van der Waals surface area (Å²) in [6.07, 6.45) is 1.62. The highest BCUT2D eigenvalue weighted by Gasteiger charge is 2.24. The molecular formula is C10H17N3O4S2. The maximum absolute atomic E-state index is 12.0. The summed E-state index contributed by atoms with van der Waals surface area (Å²) in [5.41, 5.74) is 0.198. The normalized spacial score (nSPS) is 11.8. The molecule has 0 unspecified atom stereocenters. The molecule has 0 aliphatic heterocycles. The predicted octanol–water partition coefficient (Wildman–Crippen LogP) is 1.54. The minimum absolute atomic E-state index is 0.0355. The number of aromatic carboxylic acids is 1. The molecule has 0 amide bonds. The molecule has 0 aliphatic carbocycles. The van der Waals surface area contributed by atoms with Crippen LogP contribution in [0.1, 0.15) is 35.8 Å². The van der Waals surface area contributed by atoms with E-state index in [0.29, 0.717) is 12.2 Å². The molecule has 0 saturated heterocycles. The number of unbranched alkanes of at least 4 members (excludes halogenated alkanes) is 1. The zero-order chi connectivity index (χ0) is 14.6. The molecule has 0 aliphatic rings. The van der Waals surface area contributed by atoms with Crippen LogP contribution in [-0.2, 0) is 10.2 Å². The summed E-state index contributed by atoms with van der Waals surface area (Å²) in [4.78, 5) is 11.0. The van der Waals surface area contributed by atoms with Gasteiger partial charge in [-0.15, -0.1) is 0 Å². The van der Waals surface area contributed by atoms with Gasteiger partial charge in [-0.1, -0.05) is 13.3 Å². The predicted molar refractivity (Wildman–Crippen MR) is 73.9 cm³/mol. The van der Waals surface area contributed by atoms with Crippen LogP contribution in [0.2, 0.25) is 0 Å². The Morgan fingerprint density at radius 2 is 2.16 bits per heavy atom. The van der Waals surface area contributed by atoms with E-state index in [0.717, 1.165) is 28.7 Å². The molecule has 9 heteroatoms. The SMILES string of the molecule is CCCCN(C)S(=O)(=O)Nc1snc(C)c1C(=O)O. The number of carboxylic acid groups (broad SMARTS) is 1. The van der Waals surface area contributed by atoms with Crippen LogP contribution in [0.15, 0.2) is 0 Å². The van der Waals surface area contributed by atoms with Gasteiger partial charge in [-0.3, -0.25) is 4.72 Å². The van der Waals surface area contributed by atoms with Crippen molar-refractivity contribution in [3.63, 3.8) is 0 Å². The first-order valence-corrected chi connectivity index (χ1v) is 7.94. The number of aromatic nitrogens is 1. The van der Waals surface area contributed by atoms with Gasteiger partial charge in [-0.05, 0) is 24.9 Å². The van der Waals surface area contributed by atoms with E-state index < -0.39 is 16.2 Å².